The van der Waals surface area contributed by atoms with Crippen LogP contribution in [0.4, 0.5) is 0 Å². The maximum absolute atomic E-state index is 6.06. The van der Waals surface area contributed by atoms with Crippen LogP contribution in [0.5, 0.6) is 5.75 Å². The minimum Gasteiger partial charge on any atom is -0.494 e. The summed E-state index contributed by atoms with van der Waals surface area (Å²) in [5.74, 6) is 1.30. The van der Waals surface area contributed by atoms with E-state index in [-0.39, 0.29) is 0 Å². The van der Waals surface area contributed by atoms with Crippen molar-refractivity contribution in [2.45, 2.75) is 39.5 Å². The van der Waals surface area contributed by atoms with E-state index < -0.39 is 0 Å². The van der Waals surface area contributed by atoms with Crippen LogP contribution in [0, 0.1) is 13.8 Å². The molecule has 118 valence electrons. The lowest BCUT2D eigenvalue weighted by Gasteiger charge is -2.19. The Morgan fingerprint density at radius 1 is 1.09 bits per heavy atom. The largest absolute Gasteiger partial charge is 0.494 e. The number of benzene rings is 2. The summed E-state index contributed by atoms with van der Waals surface area (Å²) in [6, 6.07) is 15.0. The van der Waals surface area contributed by atoms with Crippen LogP contribution >= 0.6 is 0 Å². The van der Waals surface area contributed by atoms with Crippen LogP contribution < -0.4 is 10.5 Å². The summed E-state index contributed by atoms with van der Waals surface area (Å²) in [4.78, 5) is 0. The van der Waals surface area contributed by atoms with Gasteiger partial charge >= 0.3 is 0 Å². The topological polar surface area (TPSA) is 35.2 Å². The average Bonchev–Trinajstić information content (AvgIpc) is 2.53. The number of nitrogens with two attached hydrogens (primary N) is 1. The molecule has 0 aromatic heterocycles. The number of hydrogen-bond acceptors (Lipinski definition) is 2. The quantitative estimate of drug-likeness (QED) is 0.823. The molecule has 0 heterocycles. The maximum Gasteiger partial charge on any atom is 0.119 e. The van der Waals surface area contributed by atoms with Crippen LogP contribution in [0.3, 0.4) is 0 Å². The van der Waals surface area contributed by atoms with Crippen LogP contribution in [-0.2, 0) is 6.42 Å². The fourth-order valence-corrected chi connectivity index (χ4v) is 2.79. The van der Waals surface area contributed by atoms with Gasteiger partial charge in [-0.2, -0.15) is 0 Å². The van der Waals surface area contributed by atoms with Gasteiger partial charge in [0.25, 0.3) is 0 Å². The van der Waals surface area contributed by atoms with Crippen LogP contribution in [0.2, 0.25) is 0 Å². The van der Waals surface area contributed by atoms with Gasteiger partial charge in [-0.1, -0.05) is 42.8 Å². The molecule has 0 amide bonds. The summed E-state index contributed by atoms with van der Waals surface area (Å²) >= 11 is 0. The van der Waals surface area contributed by atoms with Gasteiger partial charge in [0.1, 0.15) is 5.75 Å². The number of aryl methyl sites for hydroxylation is 2. The summed E-state index contributed by atoms with van der Waals surface area (Å²) in [5.41, 5.74) is 11.3. The molecule has 2 N–H and O–H groups in total. The van der Waals surface area contributed by atoms with E-state index in [0.717, 1.165) is 25.2 Å². The Labute approximate surface area is 134 Å². The second-order valence-electron chi connectivity index (χ2n) is 5.99. The zero-order chi connectivity index (χ0) is 15.9. The molecule has 0 saturated heterocycles. The average molecular weight is 297 g/mol. The van der Waals surface area contributed by atoms with Crippen molar-refractivity contribution >= 4 is 0 Å². The van der Waals surface area contributed by atoms with Crippen LogP contribution in [0.15, 0.2) is 42.5 Å². The fourth-order valence-electron chi connectivity index (χ4n) is 2.79. The third-order valence-electron chi connectivity index (χ3n) is 4.01. The molecule has 0 aliphatic rings. The van der Waals surface area contributed by atoms with Crippen molar-refractivity contribution in [3.8, 4) is 5.75 Å². The number of hydrogen-bond donors (Lipinski definition) is 1. The summed E-state index contributed by atoms with van der Waals surface area (Å²) in [7, 11) is 0. The normalized spacial score (nSPS) is 12.2. The highest BCUT2D eigenvalue weighted by atomic mass is 16.5. The molecule has 0 radical (unpaired) electrons. The van der Waals surface area contributed by atoms with Gasteiger partial charge in [-0.05, 0) is 62.1 Å². The van der Waals surface area contributed by atoms with E-state index in [1.807, 2.05) is 6.07 Å². The maximum atomic E-state index is 6.06. The molecule has 0 aliphatic heterocycles. The number of ether oxygens (including phenoxy) is 1. The van der Waals surface area contributed by atoms with Crippen LogP contribution in [-0.4, -0.2) is 13.2 Å². The Morgan fingerprint density at radius 2 is 1.91 bits per heavy atom. The summed E-state index contributed by atoms with van der Waals surface area (Å²) in [6.07, 6.45) is 1.97. The van der Waals surface area contributed by atoms with E-state index in [4.69, 9.17) is 10.5 Å². The van der Waals surface area contributed by atoms with Crippen LogP contribution in [0.25, 0.3) is 0 Å². The van der Waals surface area contributed by atoms with E-state index in [0.29, 0.717) is 12.5 Å². The lowest BCUT2D eigenvalue weighted by Crippen LogP contribution is -2.16. The molecule has 2 rings (SSSR count). The molecule has 0 spiro atoms. The van der Waals surface area contributed by atoms with Crippen molar-refractivity contribution in [3.05, 3.63) is 64.7 Å². The third-order valence-corrected chi connectivity index (χ3v) is 4.01. The predicted octanol–water partition coefficient (Wildman–Crippen LogP) is 4.38. The van der Waals surface area contributed by atoms with E-state index in [2.05, 4.69) is 57.2 Å². The van der Waals surface area contributed by atoms with Crippen molar-refractivity contribution in [3.63, 3.8) is 0 Å². The zero-order valence-electron chi connectivity index (χ0n) is 13.9. The Hall–Kier alpha value is -1.80. The minimum absolute atomic E-state index is 0.348. The summed E-state index contributed by atoms with van der Waals surface area (Å²) in [5, 5.41) is 0. The molecule has 22 heavy (non-hydrogen) atoms. The molecule has 0 bridgehead atoms. The van der Waals surface area contributed by atoms with E-state index >= 15 is 0 Å². The van der Waals surface area contributed by atoms with Gasteiger partial charge in [-0.25, -0.2) is 0 Å². The summed E-state index contributed by atoms with van der Waals surface area (Å²) < 4.78 is 5.73. The molecule has 2 aromatic carbocycles. The van der Waals surface area contributed by atoms with Crippen molar-refractivity contribution < 1.29 is 4.74 Å². The fraction of sp³-hybridized carbons (Fsp3) is 0.400. The van der Waals surface area contributed by atoms with Gasteiger partial charge < -0.3 is 10.5 Å². The van der Waals surface area contributed by atoms with Crippen molar-refractivity contribution in [2.75, 3.05) is 13.2 Å². The first-order valence-corrected chi connectivity index (χ1v) is 8.13. The molecular weight excluding hydrogens is 270 g/mol. The Kier molecular flexibility index (Phi) is 6.02. The highest BCUT2D eigenvalue weighted by Gasteiger charge is 2.13. The van der Waals surface area contributed by atoms with Crippen molar-refractivity contribution in [1.82, 2.24) is 0 Å². The van der Waals surface area contributed by atoms with Crippen molar-refractivity contribution in [2.24, 2.45) is 5.73 Å². The van der Waals surface area contributed by atoms with Gasteiger partial charge in [0.05, 0.1) is 6.61 Å². The lowest BCUT2D eigenvalue weighted by molar-refractivity contribution is 0.317. The standard InChI is InChI=1S/C20H27NO/c1-4-10-22-19-7-5-6-17(13-19)12-18(14-21)20-11-15(2)8-9-16(20)3/h5-9,11,13,18H,4,10,12,14,21H2,1-3H3. The molecule has 0 fully saturated rings. The summed E-state index contributed by atoms with van der Waals surface area (Å²) in [6.45, 7) is 7.84. The molecule has 2 nitrogen and oxygen atoms in total. The van der Waals surface area contributed by atoms with Gasteiger partial charge in [-0.15, -0.1) is 0 Å². The molecule has 0 aliphatic carbocycles. The molecule has 2 aromatic rings. The molecule has 2 heteroatoms. The number of rotatable bonds is 7. The first-order chi connectivity index (χ1) is 10.6. The van der Waals surface area contributed by atoms with Gasteiger partial charge in [-0.3, -0.25) is 0 Å². The van der Waals surface area contributed by atoms with Gasteiger partial charge in [0.2, 0.25) is 0 Å². The smallest absolute Gasteiger partial charge is 0.119 e. The second kappa shape index (κ2) is 8.00. The first kappa shape index (κ1) is 16.6. The van der Waals surface area contributed by atoms with E-state index in [1.165, 1.54) is 22.3 Å². The zero-order valence-corrected chi connectivity index (χ0v) is 13.9. The molecule has 1 unspecified atom stereocenters. The highest BCUT2D eigenvalue weighted by Crippen LogP contribution is 2.25. The molecule has 1 atom stereocenters. The van der Waals surface area contributed by atoms with Gasteiger partial charge in [0.15, 0.2) is 0 Å². The SMILES string of the molecule is CCCOc1cccc(CC(CN)c2cc(C)ccc2C)c1. The Morgan fingerprint density at radius 3 is 2.64 bits per heavy atom. The van der Waals surface area contributed by atoms with E-state index in [1.54, 1.807) is 0 Å². The first-order valence-electron chi connectivity index (χ1n) is 8.13. The third kappa shape index (κ3) is 4.35. The minimum atomic E-state index is 0.348. The second-order valence-corrected chi connectivity index (χ2v) is 5.99. The Bertz CT molecular complexity index is 606. The van der Waals surface area contributed by atoms with Crippen molar-refractivity contribution in [1.29, 1.82) is 0 Å². The highest BCUT2D eigenvalue weighted by molar-refractivity contribution is 5.36. The van der Waals surface area contributed by atoms with Gasteiger partial charge in [0, 0.05) is 5.92 Å². The molecular formula is C20H27NO. The monoisotopic (exact) mass is 297 g/mol. The predicted molar refractivity (Wildman–Crippen MR) is 93.6 cm³/mol. The van der Waals surface area contributed by atoms with E-state index in [9.17, 15) is 0 Å². The Balaban J connectivity index is 2.18. The molecule has 0 saturated carbocycles. The lowest BCUT2D eigenvalue weighted by atomic mass is 9.88. The van der Waals surface area contributed by atoms with Crippen LogP contribution in [0.1, 0.15) is 41.5 Å².